The van der Waals surface area contributed by atoms with Gasteiger partial charge in [0.25, 0.3) is 0 Å². The van der Waals surface area contributed by atoms with Crippen molar-refractivity contribution < 1.29 is 9.94 Å². The fourth-order valence-corrected chi connectivity index (χ4v) is 1.83. The Balaban J connectivity index is 2.03. The molecule has 1 aromatic heterocycles. The van der Waals surface area contributed by atoms with E-state index in [0.717, 1.165) is 11.3 Å². The molecular formula is C14H17N3O2. The van der Waals surface area contributed by atoms with Gasteiger partial charge in [-0.2, -0.15) is 5.10 Å². The average Bonchev–Trinajstić information content (AvgIpc) is 2.95. The number of aromatic nitrogens is 2. The van der Waals surface area contributed by atoms with E-state index in [2.05, 4.69) is 10.3 Å². The summed E-state index contributed by atoms with van der Waals surface area (Å²) in [6.45, 7) is 3.13. The molecule has 0 saturated carbocycles. The van der Waals surface area contributed by atoms with Crippen molar-refractivity contribution in [3.63, 3.8) is 0 Å². The minimum Gasteiger partial charge on any atom is -0.491 e. The smallest absolute Gasteiger partial charge is 0.128 e. The normalized spacial score (nSPS) is 11.5. The summed E-state index contributed by atoms with van der Waals surface area (Å²) in [6.07, 6.45) is 4.28. The summed E-state index contributed by atoms with van der Waals surface area (Å²) in [5.41, 5.74) is 1.45. The topological polar surface area (TPSA) is 59.6 Å². The molecule has 0 amide bonds. The van der Waals surface area contributed by atoms with E-state index in [1.165, 1.54) is 0 Å². The van der Waals surface area contributed by atoms with Gasteiger partial charge >= 0.3 is 0 Å². The van der Waals surface area contributed by atoms with Crippen molar-refractivity contribution in [3.8, 4) is 5.75 Å². The van der Waals surface area contributed by atoms with Crippen LogP contribution in [0.15, 0.2) is 47.9 Å². The Labute approximate surface area is 112 Å². The molecule has 0 aliphatic heterocycles. The lowest BCUT2D eigenvalue weighted by atomic mass is 10.1. The van der Waals surface area contributed by atoms with Crippen molar-refractivity contribution in [1.29, 1.82) is 0 Å². The van der Waals surface area contributed by atoms with E-state index >= 15 is 0 Å². The van der Waals surface area contributed by atoms with E-state index < -0.39 is 0 Å². The van der Waals surface area contributed by atoms with Gasteiger partial charge in [0.2, 0.25) is 0 Å². The molecule has 0 aliphatic carbocycles. The fraction of sp³-hybridized carbons (Fsp3) is 0.286. The Hall–Kier alpha value is -2.30. The van der Waals surface area contributed by atoms with Gasteiger partial charge in [-0.05, 0) is 24.6 Å². The monoisotopic (exact) mass is 259 g/mol. The largest absolute Gasteiger partial charge is 0.491 e. The van der Waals surface area contributed by atoms with Crippen LogP contribution in [0, 0.1) is 0 Å². The zero-order valence-electron chi connectivity index (χ0n) is 10.9. The molecular weight excluding hydrogens is 242 g/mol. The van der Waals surface area contributed by atoms with Gasteiger partial charge in [0.15, 0.2) is 0 Å². The van der Waals surface area contributed by atoms with Crippen molar-refractivity contribution in [3.05, 3.63) is 48.3 Å². The quantitative estimate of drug-likeness (QED) is 0.492. The van der Waals surface area contributed by atoms with E-state index in [1.807, 2.05) is 48.1 Å². The zero-order chi connectivity index (χ0) is 13.5. The van der Waals surface area contributed by atoms with Crippen LogP contribution in [0.4, 0.5) is 0 Å². The summed E-state index contributed by atoms with van der Waals surface area (Å²) in [4.78, 5) is 0. The van der Waals surface area contributed by atoms with Crippen LogP contribution >= 0.6 is 0 Å². The lowest BCUT2D eigenvalue weighted by Crippen LogP contribution is -2.10. The molecule has 1 N–H and O–H groups in total. The predicted molar refractivity (Wildman–Crippen MR) is 72.8 cm³/mol. The van der Waals surface area contributed by atoms with E-state index in [0.29, 0.717) is 25.3 Å². The lowest BCUT2D eigenvalue weighted by Gasteiger charge is -2.11. The van der Waals surface area contributed by atoms with Crippen molar-refractivity contribution in [2.45, 2.75) is 19.9 Å². The average molecular weight is 259 g/mol. The van der Waals surface area contributed by atoms with Crippen LogP contribution < -0.4 is 4.74 Å². The molecule has 2 aromatic rings. The molecule has 0 saturated heterocycles. The van der Waals surface area contributed by atoms with Gasteiger partial charge < -0.3 is 9.94 Å². The SMILES string of the molecule is CC/C(=N/O)c1ccccc1OCCn1cccn1. The number of ether oxygens (including phenoxy) is 1. The standard InChI is InChI=1S/C14H17N3O2/c1-2-13(16-18)12-6-3-4-7-14(12)19-11-10-17-9-5-8-15-17/h3-9,18H,2,10-11H2,1H3/b16-13-. The second-order valence-electron chi connectivity index (χ2n) is 4.01. The molecule has 0 radical (unpaired) electrons. The van der Waals surface area contributed by atoms with Gasteiger partial charge in [0.05, 0.1) is 12.3 Å². The number of oxime groups is 1. The van der Waals surface area contributed by atoms with E-state index in [-0.39, 0.29) is 0 Å². The molecule has 0 spiro atoms. The Bertz CT molecular complexity index is 535. The van der Waals surface area contributed by atoms with Gasteiger partial charge in [0.1, 0.15) is 12.4 Å². The van der Waals surface area contributed by atoms with Crippen LogP contribution in [0.25, 0.3) is 0 Å². The van der Waals surface area contributed by atoms with E-state index in [1.54, 1.807) is 6.20 Å². The molecule has 0 atom stereocenters. The zero-order valence-corrected chi connectivity index (χ0v) is 10.9. The summed E-state index contributed by atoms with van der Waals surface area (Å²) < 4.78 is 7.55. The van der Waals surface area contributed by atoms with Gasteiger partial charge in [-0.25, -0.2) is 0 Å². The third-order valence-electron chi connectivity index (χ3n) is 2.79. The molecule has 0 unspecified atom stereocenters. The summed E-state index contributed by atoms with van der Waals surface area (Å²) in [5.74, 6) is 0.726. The highest BCUT2D eigenvalue weighted by atomic mass is 16.5. The molecule has 5 heteroatoms. The number of nitrogens with zero attached hydrogens (tertiary/aromatic N) is 3. The maximum absolute atomic E-state index is 9.00. The number of benzene rings is 1. The van der Waals surface area contributed by atoms with Crippen LogP contribution in [-0.4, -0.2) is 27.3 Å². The Kier molecular flexibility index (Phi) is 4.55. The summed E-state index contributed by atoms with van der Waals surface area (Å²) >= 11 is 0. The van der Waals surface area contributed by atoms with Gasteiger partial charge in [-0.15, -0.1) is 0 Å². The molecule has 0 fully saturated rings. The molecule has 5 nitrogen and oxygen atoms in total. The number of para-hydroxylation sites is 1. The fourth-order valence-electron chi connectivity index (χ4n) is 1.83. The Morgan fingerprint density at radius 1 is 1.37 bits per heavy atom. The maximum Gasteiger partial charge on any atom is 0.128 e. The van der Waals surface area contributed by atoms with Crippen molar-refractivity contribution in [1.82, 2.24) is 9.78 Å². The maximum atomic E-state index is 9.00. The third-order valence-corrected chi connectivity index (χ3v) is 2.79. The first-order valence-corrected chi connectivity index (χ1v) is 6.25. The van der Waals surface area contributed by atoms with Crippen molar-refractivity contribution in [2.75, 3.05) is 6.61 Å². The van der Waals surface area contributed by atoms with Crippen LogP contribution in [0.2, 0.25) is 0 Å². The minimum atomic E-state index is 0.515. The summed E-state index contributed by atoms with van der Waals surface area (Å²) in [5, 5.41) is 16.4. The van der Waals surface area contributed by atoms with E-state index in [9.17, 15) is 0 Å². The van der Waals surface area contributed by atoms with Crippen LogP contribution in [-0.2, 0) is 6.54 Å². The Morgan fingerprint density at radius 3 is 2.89 bits per heavy atom. The molecule has 2 rings (SSSR count). The molecule has 1 aromatic carbocycles. The Morgan fingerprint density at radius 2 is 2.21 bits per heavy atom. The molecule has 100 valence electrons. The summed E-state index contributed by atoms with van der Waals surface area (Å²) in [6, 6.07) is 9.44. The number of rotatable bonds is 6. The first-order chi connectivity index (χ1) is 9.35. The minimum absolute atomic E-state index is 0.515. The third kappa shape index (κ3) is 3.34. The van der Waals surface area contributed by atoms with Gasteiger partial charge in [-0.1, -0.05) is 24.2 Å². The molecule has 0 aliphatic rings. The number of hydrogen-bond acceptors (Lipinski definition) is 4. The predicted octanol–water partition coefficient (Wildman–Crippen LogP) is 2.55. The first-order valence-electron chi connectivity index (χ1n) is 6.25. The van der Waals surface area contributed by atoms with Crippen molar-refractivity contribution in [2.24, 2.45) is 5.16 Å². The molecule has 19 heavy (non-hydrogen) atoms. The van der Waals surface area contributed by atoms with Crippen LogP contribution in [0.1, 0.15) is 18.9 Å². The van der Waals surface area contributed by atoms with Gasteiger partial charge in [-0.3, -0.25) is 4.68 Å². The second-order valence-corrected chi connectivity index (χ2v) is 4.01. The number of hydrogen-bond donors (Lipinski definition) is 1. The van der Waals surface area contributed by atoms with Crippen molar-refractivity contribution >= 4 is 5.71 Å². The second kappa shape index (κ2) is 6.58. The highest BCUT2D eigenvalue weighted by Crippen LogP contribution is 2.20. The lowest BCUT2D eigenvalue weighted by molar-refractivity contribution is 0.289. The van der Waals surface area contributed by atoms with Gasteiger partial charge in [0, 0.05) is 18.0 Å². The first kappa shape index (κ1) is 13.1. The molecule has 1 heterocycles. The highest BCUT2D eigenvalue weighted by Gasteiger charge is 2.08. The highest BCUT2D eigenvalue weighted by molar-refractivity contribution is 6.02. The van der Waals surface area contributed by atoms with E-state index in [4.69, 9.17) is 9.94 Å². The van der Waals surface area contributed by atoms with Crippen LogP contribution in [0.5, 0.6) is 5.75 Å². The summed E-state index contributed by atoms with van der Waals surface area (Å²) in [7, 11) is 0. The van der Waals surface area contributed by atoms with Crippen LogP contribution in [0.3, 0.4) is 0 Å². The molecule has 0 bridgehead atoms.